The molecule has 2 aromatic rings. The fraction of sp³-hybridized carbons (Fsp3) is 0.167. The summed E-state index contributed by atoms with van der Waals surface area (Å²) < 4.78 is 13.5. The van der Waals surface area contributed by atoms with E-state index in [0.29, 0.717) is 5.56 Å². The highest BCUT2D eigenvalue weighted by Gasteiger charge is 2.09. The summed E-state index contributed by atoms with van der Waals surface area (Å²) >= 11 is 4.96. The number of amides is 2. The standard InChI is InChI=1S/C18H19FN4O2S/c1-11-7-8-13(9-12(11)2)17(25)20-10-16(24)22-23-18(26)21-15-6-4-3-5-14(15)19/h3-9H,10H2,1-2H3,(H,20,25)(H,22,24)(H2,21,23,26). The molecule has 2 amide bonds. The van der Waals surface area contributed by atoms with Gasteiger partial charge in [-0.25, -0.2) is 4.39 Å². The number of thiocarbonyl (C=S) groups is 1. The molecule has 0 atom stereocenters. The Labute approximate surface area is 156 Å². The first-order chi connectivity index (χ1) is 12.4. The average Bonchev–Trinajstić information content (AvgIpc) is 2.62. The Morgan fingerprint density at radius 1 is 1.04 bits per heavy atom. The number of aryl methyl sites for hydroxylation is 2. The molecule has 0 unspecified atom stereocenters. The van der Waals surface area contributed by atoms with Crippen molar-refractivity contribution in [2.24, 2.45) is 0 Å². The number of anilines is 1. The molecule has 0 fully saturated rings. The van der Waals surface area contributed by atoms with E-state index in [1.165, 1.54) is 12.1 Å². The minimum absolute atomic E-state index is 0.0175. The number of hydrazine groups is 1. The SMILES string of the molecule is Cc1ccc(C(=O)NCC(=O)NNC(=S)Nc2ccccc2F)cc1C. The maximum atomic E-state index is 13.5. The molecular weight excluding hydrogens is 355 g/mol. The number of halogens is 1. The Bertz CT molecular complexity index is 842. The van der Waals surface area contributed by atoms with Gasteiger partial charge in [0.1, 0.15) is 5.82 Å². The topological polar surface area (TPSA) is 82.3 Å². The van der Waals surface area contributed by atoms with Gasteiger partial charge in [-0.2, -0.15) is 0 Å². The zero-order valence-electron chi connectivity index (χ0n) is 14.4. The Kier molecular flexibility index (Phi) is 6.62. The third-order valence-corrected chi connectivity index (χ3v) is 3.82. The minimum Gasteiger partial charge on any atom is -0.343 e. The van der Waals surface area contributed by atoms with Crippen molar-refractivity contribution < 1.29 is 14.0 Å². The average molecular weight is 374 g/mol. The van der Waals surface area contributed by atoms with E-state index in [2.05, 4.69) is 21.5 Å². The summed E-state index contributed by atoms with van der Waals surface area (Å²) in [5.74, 6) is -1.32. The lowest BCUT2D eigenvalue weighted by atomic mass is 10.1. The van der Waals surface area contributed by atoms with Crippen LogP contribution in [0.1, 0.15) is 21.5 Å². The molecule has 8 heteroatoms. The molecule has 0 aliphatic carbocycles. The molecule has 0 saturated carbocycles. The van der Waals surface area contributed by atoms with E-state index in [1.807, 2.05) is 19.9 Å². The van der Waals surface area contributed by atoms with Crippen LogP contribution in [0, 0.1) is 19.7 Å². The van der Waals surface area contributed by atoms with Gasteiger partial charge < -0.3 is 10.6 Å². The highest BCUT2D eigenvalue weighted by Crippen LogP contribution is 2.11. The van der Waals surface area contributed by atoms with E-state index in [1.54, 1.807) is 24.3 Å². The minimum atomic E-state index is -0.500. The van der Waals surface area contributed by atoms with Gasteiger partial charge in [0.05, 0.1) is 12.2 Å². The number of carbonyl (C=O) groups is 2. The van der Waals surface area contributed by atoms with Gasteiger partial charge in [0.15, 0.2) is 5.11 Å². The van der Waals surface area contributed by atoms with Crippen LogP contribution in [-0.4, -0.2) is 23.5 Å². The number of benzene rings is 2. The van der Waals surface area contributed by atoms with Crippen LogP contribution in [0.4, 0.5) is 10.1 Å². The van der Waals surface area contributed by atoms with Crippen molar-refractivity contribution in [1.82, 2.24) is 16.2 Å². The van der Waals surface area contributed by atoms with Crippen LogP contribution < -0.4 is 21.5 Å². The molecule has 4 N–H and O–H groups in total. The molecule has 0 saturated heterocycles. The van der Waals surface area contributed by atoms with Gasteiger partial charge in [-0.3, -0.25) is 20.4 Å². The Morgan fingerprint density at radius 3 is 2.46 bits per heavy atom. The maximum absolute atomic E-state index is 13.5. The van der Waals surface area contributed by atoms with Crippen LogP contribution in [0.25, 0.3) is 0 Å². The molecule has 0 radical (unpaired) electrons. The highest BCUT2D eigenvalue weighted by molar-refractivity contribution is 7.80. The zero-order valence-corrected chi connectivity index (χ0v) is 15.2. The summed E-state index contributed by atoms with van der Waals surface area (Å²) in [6, 6.07) is 11.3. The quantitative estimate of drug-likeness (QED) is 0.487. The van der Waals surface area contributed by atoms with Crippen LogP contribution in [0.3, 0.4) is 0 Å². The van der Waals surface area contributed by atoms with Gasteiger partial charge in [-0.15, -0.1) is 0 Å². The van der Waals surface area contributed by atoms with E-state index in [0.717, 1.165) is 11.1 Å². The Balaban J connectivity index is 1.76. The van der Waals surface area contributed by atoms with Crippen LogP contribution in [0.5, 0.6) is 0 Å². The number of nitrogens with one attached hydrogen (secondary N) is 4. The van der Waals surface area contributed by atoms with E-state index in [9.17, 15) is 14.0 Å². The molecule has 0 aliphatic heterocycles. The van der Waals surface area contributed by atoms with E-state index >= 15 is 0 Å². The van der Waals surface area contributed by atoms with E-state index in [-0.39, 0.29) is 23.3 Å². The summed E-state index contributed by atoms with van der Waals surface area (Å²) in [6.45, 7) is 3.63. The van der Waals surface area contributed by atoms with Crippen LogP contribution in [0.2, 0.25) is 0 Å². The molecule has 136 valence electrons. The van der Waals surface area contributed by atoms with Gasteiger partial charge in [0.25, 0.3) is 11.8 Å². The molecule has 6 nitrogen and oxygen atoms in total. The second kappa shape index (κ2) is 8.91. The molecule has 26 heavy (non-hydrogen) atoms. The number of para-hydroxylation sites is 1. The molecule has 0 bridgehead atoms. The normalized spacial score (nSPS) is 9.96. The Hall–Kier alpha value is -3.00. The predicted octanol–water partition coefficient (Wildman–Crippen LogP) is 2.19. The number of hydrogen-bond acceptors (Lipinski definition) is 3. The summed E-state index contributed by atoms with van der Waals surface area (Å²) in [6.07, 6.45) is 0. The fourth-order valence-corrected chi connectivity index (χ4v) is 2.19. The van der Waals surface area contributed by atoms with Crippen LogP contribution in [0.15, 0.2) is 42.5 Å². The first kappa shape index (κ1) is 19.3. The van der Waals surface area contributed by atoms with Gasteiger partial charge in [0, 0.05) is 5.56 Å². The van der Waals surface area contributed by atoms with Crippen molar-refractivity contribution in [1.29, 1.82) is 0 Å². The molecule has 0 spiro atoms. The highest BCUT2D eigenvalue weighted by atomic mass is 32.1. The van der Waals surface area contributed by atoms with Crippen LogP contribution in [-0.2, 0) is 4.79 Å². The maximum Gasteiger partial charge on any atom is 0.257 e. The summed E-state index contributed by atoms with van der Waals surface area (Å²) in [5.41, 5.74) is 7.50. The Morgan fingerprint density at radius 2 is 1.77 bits per heavy atom. The van der Waals surface area contributed by atoms with E-state index < -0.39 is 11.7 Å². The number of carbonyl (C=O) groups excluding carboxylic acids is 2. The largest absolute Gasteiger partial charge is 0.343 e. The molecule has 0 aromatic heterocycles. The lowest BCUT2D eigenvalue weighted by Gasteiger charge is -2.12. The van der Waals surface area contributed by atoms with Gasteiger partial charge in [-0.05, 0) is 61.5 Å². The second-order valence-electron chi connectivity index (χ2n) is 5.59. The van der Waals surface area contributed by atoms with E-state index in [4.69, 9.17) is 12.2 Å². The van der Waals surface area contributed by atoms with Crippen molar-refractivity contribution in [3.8, 4) is 0 Å². The van der Waals surface area contributed by atoms with Crippen molar-refractivity contribution >= 4 is 34.8 Å². The van der Waals surface area contributed by atoms with Crippen molar-refractivity contribution in [3.05, 3.63) is 65.0 Å². The predicted molar refractivity (Wildman–Crippen MR) is 102 cm³/mol. The third-order valence-electron chi connectivity index (χ3n) is 3.62. The van der Waals surface area contributed by atoms with Gasteiger partial charge >= 0.3 is 0 Å². The van der Waals surface area contributed by atoms with Crippen molar-refractivity contribution in [3.63, 3.8) is 0 Å². The summed E-state index contributed by atoms with van der Waals surface area (Å²) in [5, 5.41) is 5.14. The smallest absolute Gasteiger partial charge is 0.257 e. The monoisotopic (exact) mass is 374 g/mol. The molecule has 2 rings (SSSR count). The van der Waals surface area contributed by atoms with Gasteiger partial charge in [-0.1, -0.05) is 18.2 Å². The summed E-state index contributed by atoms with van der Waals surface area (Å²) in [4.78, 5) is 23.8. The lowest BCUT2D eigenvalue weighted by molar-refractivity contribution is -0.120. The second-order valence-corrected chi connectivity index (χ2v) is 6.00. The molecule has 0 aliphatic rings. The van der Waals surface area contributed by atoms with Crippen LogP contribution >= 0.6 is 12.2 Å². The first-order valence-corrected chi connectivity index (χ1v) is 8.23. The van der Waals surface area contributed by atoms with Crippen molar-refractivity contribution in [2.45, 2.75) is 13.8 Å². The molecule has 2 aromatic carbocycles. The van der Waals surface area contributed by atoms with Gasteiger partial charge in [0.2, 0.25) is 0 Å². The zero-order chi connectivity index (χ0) is 19.1. The van der Waals surface area contributed by atoms with Crippen molar-refractivity contribution in [2.75, 3.05) is 11.9 Å². The molecule has 0 heterocycles. The third kappa shape index (κ3) is 5.52. The number of rotatable bonds is 4. The summed E-state index contributed by atoms with van der Waals surface area (Å²) in [7, 11) is 0. The first-order valence-electron chi connectivity index (χ1n) is 7.82. The number of hydrogen-bond donors (Lipinski definition) is 4. The molecular formula is C18H19FN4O2S. The fourth-order valence-electron chi connectivity index (χ4n) is 2.03. The lowest BCUT2D eigenvalue weighted by Crippen LogP contribution is -2.47.